The van der Waals surface area contributed by atoms with Crippen LogP contribution in [0.1, 0.15) is 43.7 Å². The van der Waals surface area contributed by atoms with Crippen LogP contribution in [0.4, 0.5) is 0 Å². The number of ether oxygens (including phenoxy) is 1. The Morgan fingerprint density at radius 1 is 1.11 bits per heavy atom. The van der Waals surface area contributed by atoms with Gasteiger partial charge in [-0.3, -0.25) is 0 Å². The lowest BCUT2D eigenvalue weighted by atomic mass is 9.82. The monoisotopic (exact) mass is 263 g/mol. The first-order chi connectivity index (χ1) is 9.22. The number of aryl methyl sites for hydroxylation is 1. The quantitative estimate of drug-likeness (QED) is 0.685. The van der Waals surface area contributed by atoms with Crippen molar-refractivity contribution in [2.24, 2.45) is 5.92 Å². The van der Waals surface area contributed by atoms with Gasteiger partial charge in [0.05, 0.1) is 6.61 Å². The average Bonchev–Trinajstić information content (AvgIpc) is 2.44. The lowest BCUT2D eigenvalue weighted by molar-refractivity contribution is 0.197. The van der Waals surface area contributed by atoms with E-state index in [1.807, 2.05) is 0 Å². The largest absolute Gasteiger partial charge is 0.383 e. The molecule has 0 radical (unpaired) electrons. The van der Waals surface area contributed by atoms with E-state index >= 15 is 0 Å². The molecule has 1 unspecified atom stereocenters. The first kappa shape index (κ1) is 16.2. The predicted octanol–water partition coefficient (Wildman–Crippen LogP) is 3.75. The smallest absolute Gasteiger partial charge is 0.0587 e. The molecule has 0 heterocycles. The second kappa shape index (κ2) is 9.11. The molecule has 0 saturated carbocycles. The summed E-state index contributed by atoms with van der Waals surface area (Å²) < 4.78 is 5.10. The first-order valence-corrected chi connectivity index (χ1v) is 7.49. The first-order valence-electron chi connectivity index (χ1n) is 7.49. The van der Waals surface area contributed by atoms with Crippen molar-refractivity contribution >= 4 is 0 Å². The van der Waals surface area contributed by atoms with Gasteiger partial charge in [0.1, 0.15) is 0 Å². The van der Waals surface area contributed by atoms with Crippen LogP contribution in [0.5, 0.6) is 0 Å². The summed E-state index contributed by atoms with van der Waals surface area (Å²) in [6.07, 6.45) is 2.47. The van der Waals surface area contributed by atoms with Crippen LogP contribution in [-0.4, -0.2) is 26.8 Å². The molecule has 0 fully saturated rings. The number of rotatable bonds is 9. The second-order valence-corrected chi connectivity index (χ2v) is 5.29. The fourth-order valence-corrected chi connectivity index (χ4v) is 2.66. The van der Waals surface area contributed by atoms with Crippen LogP contribution in [0.3, 0.4) is 0 Å². The van der Waals surface area contributed by atoms with E-state index in [1.165, 1.54) is 24.0 Å². The molecular weight excluding hydrogens is 234 g/mol. The minimum atomic E-state index is 0.604. The van der Waals surface area contributed by atoms with E-state index in [-0.39, 0.29) is 0 Å². The number of benzene rings is 1. The van der Waals surface area contributed by atoms with Gasteiger partial charge in [-0.05, 0) is 24.3 Å². The maximum atomic E-state index is 5.10. The molecule has 0 aliphatic carbocycles. The summed E-state index contributed by atoms with van der Waals surface area (Å²) >= 11 is 0. The zero-order valence-electron chi connectivity index (χ0n) is 12.9. The van der Waals surface area contributed by atoms with E-state index in [0.717, 1.165) is 25.6 Å². The molecule has 0 amide bonds. The molecule has 1 atom stereocenters. The highest BCUT2D eigenvalue weighted by atomic mass is 16.5. The van der Waals surface area contributed by atoms with E-state index in [1.54, 1.807) is 7.11 Å². The molecule has 19 heavy (non-hydrogen) atoms. The predicted molar refractivity (Wildman–Crippen MR) is 82.7 cm³/mol. The Labute approximate surface area is 118 Å². The molecule has 1 N–H and O–H groups in total. The SMILES string of the molecule is CCC(CC)C(CNCCOC)c1ccc(C)cc1. The molecular formula is C17H29NO. The molecule has 0 aromatic heterocycles. The minimum Gasteiger partial charge on any atom is -0.383 e. The molecule has 0 aliphatic rings. The molecule has 0 saturated heterocycles. The summed E-state index contributed by atoms with van der Waals surface area (Å²) in [6.45, 7) is 9.49. The fraction of sp³-hybridized carbons (Fsp3) is 0.647. The van der Waals surface area contributed by atoms with Gasteiger partial charge >= 0.3 is 0 Å². The van der Waals surface area contributed by atoms with Gasteiger partial charge in [-0.2, -0.15) is 0 Å². The van der Waals surface area contributed by atoms with Crippen LogP contribution < -0.4 is 5.32 Å². The van der Waals surface area contributed by atoms with Crippen molar-refractivity contribution in [3.63, 3.8) is 0 Å². The zero-order valence-corrected chi connectivity index (χ0v) is 12.9. The molecule has 1 aromatic rings. The van der Waals surface area contributed by atoms with Crippen LogP contribution >= 0.6 is 0 Å². The molecule has 0 aliphatic heterocycles. The number of hydrogen-bond acceptors (Lipinski definition) is 2. The summed E-state index contributed by atoms with van der Waals surface area (Å²) in [4.78, 5) is 0. The Bertz CT molecular complexity index is 330. The normalized spacial score (nSPS) is 12.9. The van der Waals surface area contributed by atoms with Crippen molar-refractivity contribution in [2.45, 2.75) is 39.5 Å². The number of methoxy groups -OCH3 is 1. The van der Waals surface area contributed by atoms with E-state index in [4.69, 9.17) is 4.74 Å². The van der Waals surface area contributed by atoms with Gasteiger partial charge in [-0.25, -0.2) is 0 Å². The molecule has 1 aromatic carbocycles. The molecule has 2 nitrogen and oxygen atoms in total. The zero-order chi connectivity index (χ0) is 14.1. The van der Waals surface area contributed by atoms with Crippen LogP contribution in [0.15, 0.2) is 24.3 Å². The van der Waals surface area contributed by atoms with E-state index in [9.17, 15) is 0 Å². The third-order valence-electron chi connectivity index (χ3n) is 3.97. The number of hydrogen-bond donors (Lipinski definition) is 1. The van der Waals surface area contributed by atoms with Crippen LogP contribution in [-0.2, 0) is 4.74 Å². The highest BCUT2D eigenvalue weighted by Gasteiger charge is 2.19. The van der Waals surface area contributed by atoms with Crippen LogP contribution in [0.25, 0.3) is 0 Å². The Morgan fingerprint density at radius 3 is 2.26 bits per heavy atom. The topological polar surface area (TPSA) is 21.3 Å². The number of nitrogens with one attached hydrogen (secondary N) is 1. The summed E-state index contributed by atoms with van der Waals surface area (Å²) in [6, 6.07) is 9.02. The minimum absolute atomic E-state index is 0.604. The van der Waals surface area contributed by atoms with Gasteiger partial charge < -0.3 is 10.1 Å². The summed E-state index contributed by atoms with van der Waals surface area (Å²) in [7, 11) is 1.75. The second-order valence-electron chi connectivity index (χ2n) is 5.29. The highest BCUT2D eigenvalue weighted by molar-refractivity contribution is 5.25. The molecule has 1 rings (SSSR count). The standard InChI is InChI=1S/C17H29NO/c1-5-15(6-2)17(13-18-11-12-19-4)16-9-7-14(3)8-10-16/h7-10,15,17-18H,5-6,11-13H2,1-4H3. The summed E-state index contributed by atoms with van der Waals surface area (Å²) in [5.41, 5.74) is 2.80. The van der Waals surface area contributed by atoms with Gasteiger partial charge in [0.15, 0.2) is 0 Å². The Morgan fingerprint density at radius 2 is 1.74 bits per heavy atom. The molecule has 2 heteroatoms. The summed E-state index contributed by atoms with van der Waals surface area (Å²) in [5, 5.41) is 3.52. The van der Waals surface area contributed by atoms with E-state index < -0.39 is 0 Å². The maximum Gasteiger partial charge on any atom is 0.0587 e. The average molecular weight is 263 g/mol. The van der Waals surface area contributed by atoms with E-state index in [0.29, 0.717) is 5.92 Å². The lowest BCUT2D eigenvalue weighted by Crippen LogP contribution is -2.28. The van der Waals surface area contributed by atoms with Gasteiger partial charge in [0.25, 0.3) is 0 Å². The highest BCUT2D eigenvalue weighted by Crippen LogP contribution is 2.29. The van der Waals surface area contributed by atoms with Crippen molar-refractivity contribution in [3.8, 4) is 0 Å². The van der Waals surface area contributed by atoms with Gasteiger partial charge in [-0.1, -0.05) is 56.5 Å². The van der Waals surface area contributed by atoms with Crippen molar-refractivity contribution in [2.75, 3.05) is 26.8 Å². The Hall–Kier alpha value is -0.860. The third kappa shape index (κ3) is 5.33. The molecule has 0 bridgehead atoms. The lowest BCUT2D eigenvalue weighted by Gasteiger charge is -2.26. The van der Waals surface area contributed by atoms with Crippen molar-refractivity contribution in [1.29, 1.82) is 0 Å². The van der Waals surface area contributed by atoms with Gasteiger partial charge in [0.2, 0.25) is 0 Å². The van der Waals surface area contributed by atoms with Crippen LogP contribution in [0, 0.1) is 12.8 Å². The van der Waals surface area contributed by atoms with Crippen molar-refractivity contribution in [1.82, 2.24) is 5.32 Å². The molecule has 108 valence electrons. The van der Waals surface area contributed by atoms with Crippen molar-refractivity contribution in [3.05, 3.63) is 35.4 Å². The van der Waals surface area contributed by atoms with Crippen molar-refractivity contribution < 1.29 is 4.74 Å². The van der Waals surface area contributed by atoms with Crippen LogP contribution in [0.2, 0.25) is 0 Å². The third-order valence-corrected chi connectivity index (χ3v) is 3.97. The Balaban J connectivity index is 2.70. The summed E-state index contributed by atoms with van der Waals surface area (Å²) in [5.74, 6) is 1.35. The maximum absolute atomic E-state index is 5.10. The van der Waals surface area contributed by atoms with Gasteiger partial charge in [-0.15, -0.1) is 0 Å². The van der Waals surface area contributed by atoms with E-state index in [2.05, 4.69) is 50.4 Å². The van der Waals surface area contributed by atoms with Gasteiger partial charge in [0, 0.05) is 20.2 Å². The fourth-order valence-electron chi connectivity index (χ4n) is 2.66. The Kier molecular flexibility index (Phi) is 7.76. The molecule has 0 spiro atoms.